The van der Waals surface area contributed by atoms with Crippen LogP contribution in [0, 0.1) is 10.5 Å². The summed E-state index contributed by atoms with van der Waals surface area (Å²) in [6.07, 6.45) is 3.43. The lowest BCUT2D eigenvalue weighted by Crippen LogP contribution is -2.24. The lowest BCUT2D eigenvalue weighted by molar-refractivity contribution is 0.255. The van der Waals surface area contributed by atoms with Gasteiger partial charge in [-0.2, -0.15) is 0 Å². The van der Waals surface area contributed by atoms with Gasteiger partial charge in [-0.1, -0.05) is 12.1 Å². The first-order chi connectivity index (χ1) is 10.6. The Labute approximate surface area is 143 Å². The van der Waals surface area contributed by atoms with E-state index in [1.807, 2.05) is 55.5 Å². The molecule has 5 heteroatoms. The van der Waals surface area contributed by atoms with Gasteiger partial charge in [0.05, 0.1) is 7.11 Å². The number of benzene rings is 2. The fraction of sp³-hybridized carbons (Fsp3) is 0.118. The van der Waals surface area contributed by atoms with E-state index in [-0.39, 0.29) is 6.03 Å². The summed E-state index contributed by atoms with van der Waals surface area (Å²) in [5.41, 5.74) is 2.81. The highest BCUT2D eigenvalue weighted by atomic mass is 127. The van der Waals surface area contributed by atoms with Gasteiger partial charge < -0.3 is 15.4 Å². The summed E-state index contributed by atoms with van der Waals surface area (Å²) in [5, 5.41) is 5.50. The molecule has 0 bridgehead atoms. The molecule has 0 aliphatic carbocycles. The lowest BCUT2D eigenvalue weighted by Gasteiger charge is -2.08. The second-order valence-corrected chi connectivity index (χ2v) is 5.91. The predicted molar refractivity (Wildman–Crippen MR) is 98.1 cm³/mol. The molecule has 0 radical (unpaired) electrons. The van der Waals surface area contributed by atoms with Crippen LogP contribution in [0.3, 0.4) is 0 Å². The number of amides is 2. The third kappa shape index (κ3) is 4.77. The van der Waals surface area contributed by atoms with Gasteiger partial charge in [-0.3, -0.25) is 0 Å². The van der Waals surface area contributed by atoms with E-state index in [4.69, 9.17) is 4.74 Å². The minimum absolute atomic E-state index is 0.269. The van der Waals surface area contributed by atoms with Crippen molar-refractivity contribution in [2.75, 3.05) is 12.4 Å². The topological polar surface area (TPSA) is 50.4 Å². The summed E-state index contributed by atoms with van der Waals surface area (Å²) in [5.74, 6) is 0.803. The minimum Gasteiger partial charge on any atom is -0.497 e. The van der Waals surface area contributed by atoms with Crippen molar-refractivity contribution < 1.29 is 9.53 Å². The number of hydrogen-bond acceptors (Lipinski definition) is 2. The van der Waals surface area contributed by atoms with Crippen LogP contribution in [0.25, 0.3) is 6.08 Å². The second kappa shape index (κ2) is 7.84. The number of nitrogens with one attached hydrogen (secondary N) is 2. The maximum Gasteiger partial charge on any atom is 0.323 e. The number of hydrogen-bond donors (Lipinski definition) is 2. The largest absolute Gasteiger partial charge is 0.497 e. The Bertz CT molecular complexity index is 682. The normalized spacial score (nSPS) is 10.5. The van der Waals surface area contributed by atoms with Crippen molar-refractivity contribution >= 4 is 40.4 Å². The molecule has 0 aliphatic heterocycles. The molecule has 0 saturated carbocycles. The Morgan fingerprint density at radius 1 is 1.18 bits per heavy atom. The SMILES string of the molecule is COc1ccc(/C=C/NC(=O)Nc2ccc(I)cc2C)cc1. The molecular formula is C17H17IN2O2. The molecule has 0 spiro atoms. The molecule has 114 valence electrons. The van der Waals surface area contributed by atoms with Gasteiger partial charge in [0.2, 0.25) is 0 Å². The van der Waals surface area contributed by atoms with Crippen LogP contribution in [0.5, 0.6) is 5.75 Å². The van der Waals surface area contributed by atoms with E-state index in [2.05, 4.69) is 33.2 Å². The number of anilines is 1. The van der Waals surface area contributed by atoms with Crippen molar-refractivity contribution in [2.45, 2.75) is 6.92 Å². The van der Waals surface area contributed by atoms with Gasteiger partial charge in [0, 0.05) is 15.5 Å². The standard InChI is InChI=1S/C17H17IN2O2/c1-12-11-14(18)5-8-16(12)20-17(21)19-10-9-13-3-6-15(22-2)7-4-13/h3-11H,1-2H3,(H2,19,20,21)/b10-9+. The van der Waals surface area contributed by atoms with Gasteiger partial charge in [0.15, 0.2) is 0 Å². The van der Waals surface area contributed by atoms with Gasteiger partial charge in [0.25, 0.3) is 0 Å². The average Bonchev–Trinajstić information content (AvgIpc) is 2.51. The molecule has 2 aromatic rings. The van der Waals surface area contributed by atoms with Gasteiger partial charge in [-0.05, 0) is 77.0 Å². The Morgan fingerprint density at radius 2 is 1.91 bits per heavy atom. The molecule has 2 amide bonds. The third-order valence-corrected chi connectivity index (χ3v) is 3.71. The van der Waals surface area contributed by atoms with Gasteiger partial charge in [-0.15, -0.1) is 0 Å². The highest BCUT2D eigenvalue weighted by molar-refractivity contribution is 14.1. The molecule has 0 fully saturated rings. The summed E-state index contributed by atoms with van der Waals surface area (Å²) in [6, 6.07) is 13.2. The van der Waals surface area contributed by atoms with E-state index in [0.717, 1.165) is 26.1 Å². The lowest BCUT2D eigenvalue weighted by atomic mass is 10.2. The van der Waals surface area contributed by atoms with E-state index in [0.29, 0.717) is 0 Å². The summed E-state index contributed by atoms with van der Waals surface area (Å²) in [4.78, 5) is 11.8. The van der Waals surface area contributed by atoms with E-state index < -0.39 is 0 Å². The first kappa shape index (κ1) is 16.4. The van der Waals surface area contributed by atoms with Crippen LogP contribution in [0.2, 0.25) is 0 Å². The van der Waals surface area contributed by atoms with Crippen molar-refractivity contribution in [3.8, 4) is 5.75 Å². The molecule has 2 N–H and O–H groups in total. The fourth-order valence-corrected chi connectivity index (χ4v) is 2.50. The molecule has 0 aliphatic rings. The Balaban J connectivity index is 1.90. The van der Waals surface area contributed by atoms with Crippen molar-refractivity contribution in [2.24, 2.45) is 0 Å². The Morgan fingerprint density at radius 3 is 2.55 bits per heavy atom. The zero-order chi connectivity index (χ0) is 15.9. The summed E-state index contributed by atoms with van der Waals surface area (Å²) >= 11 is 2.24. The average molecular weight is 408 g/mol. The molecule has 4 nitrogen and oxygen atoms in total. The predicted octanol–water partition coefficient (Wildman–Crippen LogP) is 4.40. The molecule has 2 rings (SSSR count). The van der Waals surface area contributed by atoms with Crippen LogP contribution in [0.15, 0.2) is 48.7 Å². The number of carbonyl (C=O) groups excluding carboxylic acids is 1. The third-order valence-electron chi connectivity index (χ3n) is 3.04. The van der Waals surface area contributed by atoms with Crippen molar-refractivity contribution in [3.05, 3.63) is 63.4 Å². The van der Waals surface area contributed by atoms with E-state index in [1.54, 1.807) is 13.3 Å². The van der Waals surface area contributed by atoms with E-state index in [9.17, 15) is 4.79 Å². The number of rotatable bonds is 4. The highest BCUT2D eigenvalue weighted by Crippen LogP contribution is 2.17. The molecule has 0 heterocycles. The summed E-state index contributed by atoms with van der Waals surface area (Å²) in [6.45, 7) is 1.96. The zero-order valence-corrected chi connectivity index (χ0v) is 14.5. The summed E-state index contributed by atoms with van der Waals surface area (Å²) < 4.78 is 6.23. The molecule has 22 heavy (non-hydrogen) atoms. The van der Waals surface area contributed by atoms with Crippen LogP contribution in [-0.2, 0) is 0 Å². The second-order valence-electron chi connectivity index (χ2n) is 4.66. The van der Waals surface area contributed by atoms with E-state index >= 15 is 0 Å². The molecule has 2 aromatic carbocycles. The Hall–Kier alpha value is -2.02. The minimum atomic E-state index is -0.269. The molecule has 0 unspecified atom stereocenters. The van der Waals surface area contributed by atoms with Gasteiger partial charge in [0.1, 0.15) is 5.75 Å². The monoisotopic (exact) mass is 408 g/mol. The van der Waals surface area contributed by atoms with Crippen molar-refractivity contribution in [1.82, 2.24) is 5.32 Å². The van der Waals surface area contributed by atoms with Crippen LogP contribution in [0.4, 0.5) is 10.5 Å². The maximum atomic E-state index is 11.8. The zero-order valence-electron chi connectivity index (χ0n) is 12.4. The van der Waals surface area contributed by atoms with Crippen LogP contribution >= 0.6 is 22.6 Å². The number of ether oxygens (including phenoxy) is 1. The first-order valence-corrected chi connectivity index (χ1v) is 7.80. The smallest absolute Gasteiger partial charge is 0.323 e. The first-order valence-electron chi connectivity index (χ1n) is 6.73. The number of carbonyl (C=O) groups is 1. The molecule has 0 aromatic heterocycles. The Kier molecular flexibility index (Phi) is 5.83. The van der Waals surface area contributed by atoms with Gasteiger partial charge in [-0.25, -0.2) is 4.79 Å². The number of urea groups is 1. The number of aryl methyl sites for hydroxylation is 1. The van der Waals surface area contributed by atoms with Crippen molar-refractivity contribution in [1.29, 1.82) is 0 Å². The highest BCUT2D eigenvalue weighted by Gasteiger charge is 2.02. The van der Waals surface area contributed by atoms with Crippen LogP contribution in [0.1, 0.15) is 11.1 Å². The molecule has 0 saturated heterocycles. The quantitative estimate of drug-likeness (QED) is 0.737. The maximum absolute atomic E-state index is 11.8. The molecular weight excluding hydrogens is 391 g/mol. The number of halogens is 1. The van der Waals surface area contributed by atoms with Crippen LogP contribution in [-0.4, -0.2) is 13.1 Å². The van der Waals surface area contributed by atoms with Gasteiger partial charge >= 0.3 is 6.03 Å². The van der Waals surface area contributed by atoms with E-state index in [1.165, 1.54) is 0 Å². The summed E-state index contributed by atoms with van der Waals surface area (Å²) in [7, 11) is 1.63. The number of methoxy groups -OCH3 is 1. The van der Waals surface area contributed by atoms with Crippen molar-refractivity contribution in [3.63, 3.8) is 0 Å². The molecule has 0 atom stereocenters. The fourth-order valence-electron chi connectivity index (χ4n) is 1.85. The van der Waals surface area contributed by atoms with Crippen LogP contribution < -0.4 is 15.4 Å².